The van der Waals surface area contributed by atoms with Gasteiger partial charge in [-0.15, -0.1) is 0 Å². The fourth-order valence-corrected chi connectivity index (χ4v) is 1.70. The van der Waals surface area contributed by atoms with Crippen LogP contribution in [-0.2, 0) is 0 Å². The molecule has 0 spiro atoms. The highest BCUT2D eigenvalue weighted by Gasteiger charge is 2.17. The van der Waals surface area contributed by atoms with Gasteiger partial charge in [0.25, 0.3) is 0 Å². The molecule has 0 radical (unpaired) electrons. The van der Waals surface area contributed by atoms with Crippen LogP contribution < -0.4 is 0 Å². The Morgan fingerprint density at radius 1 is 1.00 bits per heavy atom. The van der Waals surface area contributed by atoms with Gasteiger partial charge < -0.3 is 0 Å². The predicted octanol–water partition coefficient (Wildman–Crippen LogP) is 1.58. The summed E-state index contributed by atoms with van der Waals surface area (Å²) in [5.74, 6) is 0. The van der Waals surface area contributed by atoms with Crippen LogP contribution in [-0.4, -0.2) is 24.0 Å². The van der Waals surface area contributed by atoms with E-state index in [2.05, 4.69) is 29.2 Å². The molecule has 0 aromatic carbocycles. The van der Waals surface area contributed by atoms with Crippen LogP contribution in [0.4, 0.5) is 0 Å². The molecule has 0 amide bonds. The lowest BCUT2D eigenvalue weighted by Gasteiger charge is -2.19. The summed E-state index contributed by atoms with van der Waals surface area (Å²) < 4.78 is 0. The van der Waals surface area contributed by atoms with Crippen molar-refractivity contribution < 1.29 is 0 Å². The monoisotopic (exact) mass is 135 g/mol. The lowest BCUT2D eigenvalue weighted by Crippen LogP contribution is -2.28. The van der Waals surface area contributed by atoms with Crippen LogP contribution in [0.5, 0.6) is 0 Å². The van der Waals surface area contributed by atoms with Gasteiger partial charge in [-0.25, -0.2) is 0 Å². The SMILES string of the molecule is C1=CC(N2CCCC2)C=C1. The maximum atomic E-state index is 2.53. The second kappa shape index (κ2) is 2.59. The zero-order valence-electron chi connectivity index (χ0n) is 6.16. The van der Waals surface area contributed by atoms with Crippen molar-refractivity contribution in [3.8, 4) is 0 Å². The number of allylic oxidation sites excluding steroid dienone is 2. The van der Waals surface area contributed by atoms with Crippen molar-refractivity contribution in [1.82, 2.24) is 4.90 Å². The first-order valence-corrected chi connectivity index (χ1v) is 4.06. The molecule has 0 atom stereocenters. The molecule has 0 unspecified atom stereocenters. The lowest BCUT2D eigenvalue weighted by molar-refractivity contribution is 0.325. The predicted molar refractivity (Wildman–Crippen MR) is 42.9 cm³/mol. The Morgan fingerprint density at radius 2 is 1.60 bits per heavy atom. The Bertz CT molecular complexity index is 152. The molecule has 54 valence electrons. The van der Waals surface area contributed by atoms with E-state index in [1.54, 1.807) is 0 Å². The number of hydrogen-bond donors (Lipinski definition) is 0. The summed E-state index contributed by atoms with van der Waals surface area (Å²) >= 11 is 0. The van der Waals surface area contributed by atoms with E-state index in [1.807, 2.05) is 0 Å². The molecule has 1 aliphatic heterocycles. The second-order valence-corrected chi connectivity index (χ2v) is 3.00. The Labute approximate surface area is 62.0 Å². The third kappa shape index (κ3) is 1.01. The van der Waals surface area contributed by atoms with Crippen molar-refractivity contribution in [2.75, 3.05) is 13.1 Å². The van der Waals surface area contributed by atoms with Gasteiger partial charge >= 0.3 is 0 Å². The van der Waals surface area contributed by atoms with Crippen LogP contribution in [0.3, 0.4) is 0 Å². The van der Waals surface area contributed by atoms with Crippen molar-refractivity contribution in [1.29, 1.82) is 0 Å². The Morgan fingerprint density at radius 3 is 2.20 bits per heavy atom. The number of hydrogen-bond acceptors (Lipinski definition) is 1. The zero-order chi connectivity index (χ0) is 6.81. The van der Waals surface area contributed by atoms with Gasteiger partial charge in [0, 0.05) is 6.04 Å². The number of nitrogens with zero attached hydrogens (tertiary/aromatic N) is 1. The van der Waals surface area contributed by atoms with Crippen LogP contribution in [0, 0.1) is 0 Å². The summed E-state index contributed by atoms with van der Waals surface area (Å²) in [6, 6.07) is 0.627. The van der Waals surface area contributed by atoms with Gasteiger partial charge in [-0.1, -0.05) is 24.3 Å². The van der Waals surface area contributed by atoms with E-state index in [4.69, 9.17) is 0 Å². The van der Waals surface area contributed by atoms with Crippen molar-refractivity contribution in [3.05, 3.63) is 24.3 Å². The molecule has 1 heterocycles. The van der Waals surface area contributed by atoms with Crippen LogP contribution in [0.25, 0.3) is 0 Å². The summed E-state index contributed by atoms with van der Waals surface area (Å²) in [6.45, 7) is 2.58. The van der Waals surface area contributed by atoms with Crippen LogP contribution in [0.1, 0.15) is 12.8 Å². The minimum absolute atomic E-state index is 0.627. The van der Waals surface area contributed by atoms with Gasteiger partial charge in [-0.3, -0.25) is 4.90 Å². The normalized spacial score (nSPS) is 26.8. The smallest absolute Gasteiger partial charge is 0.0467 e. The summed E-state index contributed by atoms with van der Waals surface area (Å²) in [5.41, 5.74) is 0. The molecular weight excluding hydrogens is 122 g/mol. The highest BCUT2D eigenvalue weighted by Crippen LogP contribution is 2.15. The Hall–Kier alpha value is -0.560. The molecule has 0 aromatic heterocycles. The third-order valence-corrected chi connectivity index (χ3v) is 2.29. The molecule has 0 saturated carbocycles. The minimum Gasteiger partial charge on any atom is -0.293 e. The molecule has 1 fully saturated rings. The van der Waals surface area contributed by atoms with Crippen molar-refractivity contribution in [2.45, 2.75) is 18.9 Å². The molecule has 1 nitrogen and oxygen atoms in total. The van der Waals surface area contributed by atoms with E-state index in [9.17, 15) is 0 Å². The van der Waals surface area contributed by atoms with E-state index in [0.717, 1.165) is 0 Å². The third-order valence-electron chi connectivity index (χ3n) is 2.29. The van der Waals surface area contributed by atoms with E-state index in [1.165, 1.54) is 25.9 Å². The molecule has 2 aliphatic rings. The van der Waals surface area contributed by atoms with Gasteiger partial charge in [0.1, 0.15) is 0 Å². The van der Waals surface area contributed by atoms with Crippen molar-refractivity contribution >= 4 is 0 Å². The van der Waals surface area contributed by atoms with Gasteiger partial charge in [-0.05, 0) is 25.9 Å². The molecular formula is C9H13N. The van der Waals surface area contributed by atoms with E-state index < -0.39 is 0 Å². The summed E-state index contributed by atoms with van der Waals surface area (Å²) in [4.78, 5) is 2.53. The average molecular weight is 135 g/mol. The van der Waals surface area contributed by atoms with Crippen LogP contribution in [0.15, 0.2) is 24.3 Å². The summed E-state index contributed by atoms with van der Waals surface area (Å²) in [5, 5.41) is 0. The zero-order valence-corrected chi connectivity index (χ0v) is 6.16. The van der Waals surface area contributed by atoms with E-state index in [0.29, 0.717) is 6.04 Å². The Kier molecular flexibility index (Phi) is 1.60. The molecule has 10 heavy (non-hydrogen) atoms. The largest absolute Gasteiger partial charge is 0.293 e. The van der Waals surface area contributed by atoms with Gasteiger partial charge in [0.15, 0.2) is 0 Å². The van der Waals surface area contributed by atoms with E-state index >= 15 is 0 Å². The molecule has 2 rings (SSSR count). The molecule has 0 aromatic rings. The Balaban J connectivity index is 1.98. The first-order chi connectivity index (χ1) is 4.97. The first-order valence-electron chi connectivity index (χ1n) is 4.06. The topological polar surface area (TPSA) is 3.24 Å². The molecule has 0 N–H and O–H groups in total. The van der Waals surface area contributed by atoms with Gasteiger partial charge in [-0.2, -0.15) is 0 Å². The molecule has 1 heteroatoms. The van der Waals surface area contributed by atoms with Gasteiger partial charge in [0.2, 0.25) is 0 Å². The van der Waals surface area contributed by atoms with Crippen LogP contribution in [0.2, 0.25) is 0 Å². The minimum atomic E-state index is 0.627. The fraction of sp³-hybridized carbons (Fsp3) is 0.556. The van der Waals surface area contributed by atoms with E-state index in [-0.39, 0.29) is 0 Å². The lowest BCUT2D eigenvalue weighted by atomic mass is 10.3. The molecule has 0 bridgehead atoms. The molecule has 1 aliphatic carbocycles. The average Bonchev–Trinajstić information content (AvgIpc) is 2.59. The highest BCUT2D eigenvalue weighted by molar-refractivity contribution is 5.21. The van der Waals surface area contributed by atoms with Crippen molar-refractivity contribution in [2.24, 2.45) is 0 Å². The maximum absolute atomic E-state index is 2.53. The number of likely N-dealkylation sites (tertiary alicyclic amines) is 1. The maximum Gasteiger partial charge on any atom is 0.0467 e. The molecule has 1 saturated heterocycles. The fourth-order valence-electron chi connectivity index (χ4n) is 1.70. The van der Waals surface area contributed by atoms with Gasteiger partial charge in [0.05, 0.1) is 0 Å². The second-order valence-electron chi connectivity index (χ2n) is 3.00. The van der Waals surface area contributed by atoms with Crippen LogP contribution >= 0.6 is 0 Å². The van der Waals surface area contributed by atoms with Crippen molar-refractivity contribution in [3.63, 3.8) is 0 Å². The summed E-state index contributed by atoms with van der Waals surface area (Å²) in [6.07, 6.45) is 11.6. The quantitative estimate of drug-likeness (QED) is 0.527. The first kappa shape index (κ1) is 6.17. The summed E-state index contributed by atoms with van der Waals surface area (Å²) in [7, 11) is 0. The number of rotatable bonds is 1. The standard InChI is InChI=1S/C9H13N/c1-2-6-9(5-1)10-7-3-4-8-10/h1-2,5-6,9H,3-4,7-8H2. The highest BCUT2D eigenvalue weighted by atomic mass is 15.2.